The SMILES string of the molecule is COC(=O)c1cc(C)c(O)c(C=O)c1. The van der Waals surface area contributed by atoms with E-state index in [1.54, 1.807) is 6.92 Å². The van der Waals surface area contributed by atoms with Crippen LogP contribution in [0.15, 0.2) is 12.1 Å². The monoisotopic (exact) mass is 194 g/mol. The molecule has 14 heavy (non-hydrogen) atoms. The Labute approximate surface area is 81.1 Å². The van der Waals surface area contributed by atoms with Crippen LogP contribution in [-0.2, 0) is 4.74 Å². The Morgan fingerprint density at radius 2 is 2.14 bits per heavy atom. The molecular weight excluding hydrogens is 184 g/mol. The number of methoxy groups -OCH3 is 1. The van der Waals surface area contributed by atoms with Crippen molar-refractivity contribution in [3.63, 3.8) is 0 Å². The predicted molar refractivity (Wildman–Crippen MR) is 49.6 cm³/mol. The van der Waals surface area contributed by atoms with Crippen LogP contribution in [0.5, 0.6) is 5.75 Å². The number of rotatable bonds is 2. The van der Waals surface area contributed by atoms with Crippen LogP contribution in [0.25, 0.3) is 0 Å². The van der Waals surface area contributed by atoms with Gasteiger partial charge in [-0.2, -0.15) is 0 Å². The molecule has 0 aliphatic carbocycles. The Hall–Kier alpha value is -1.84. The normalized spacial score (nSPS) is 9.57. The van der Waals surface area contributed by atoms with Gasteiger partial charge in [-0.05, 0) is 24.6 Å². The molecule has 0 radical (unpaired) electrons. The van der Waals surface area contributed by atoms with Gasteiger partial charge in [0.25, 0.3) is 0 Å². The van der Waals surface area contributed by atoms with Gasteiger partial charge in [0.1, 0.15) is 5.75 Å². The number of phenolic OH excluding ortho intramolecular Hbond substituents is 1. The Kier molecular flexibility index (Phi) is 2.86. The quantitative estimate of drug-likeness (QED) is 0.569. The van der Waals surface area contributed by atoms with E-state index in [1.807, 2.05) is 0 Å². The lowest BCUT2D eigenvalue weighted by molar-refractivity contribution is 0.0600. The Balaban J connectivity index is 3.29. The fourth-order valence-corrected chi connectivity index (χ4v) is 1.13. The maximum absolute atomic E-state index is 11.1. The summed E-state index contributed by atoms with van der Waals surface area (Å²) in [7, 11) is 1.26. The molecule has 4 heteroatoms. The van der Waals surface area contributed by atoms with Gasteiger partial charge >= 0.3 is 5.97 Å². The molecule has 1 N–H and O–H groups in total. The van der Waals surface area contributed by atoms with E-state index in [0.717, 1.165) is 0 Å². The standard InChI is InChI=1S/C10H10O4/c1-6-3-7(10(13)14-2)4-8(5-11)9(6)12/h3-5,12H,1-2H3. The first-order valence-electron chi connectivity index (χ1n) is 3.97. The molecular formula is C10H10O4. The highest BCUT2D eigenvalue weighted by molar-refractivity contribution is 5.93. The number of ether oxygens (including phenoxy) is 1. The molecule has 1 aromatic carbocycles. The van der Waals surface area contributed by atoms with Crippen molar-refractivity contribution in [3.05, 3.63) is 28.8 Å². The van der Waals surface area contributed by atoms with Crippen molar-refractivity contribution in [2.24, 2.45) is 0 Å². The number of esters is 1. The second-order valence-corrected chi connectivity index (χ2v) is 2.84. The Bertz CT molecular complexity index is 382. The molecule has 1 rings (SSSR count). The van der Waals surface area contributed by atoms with Gasteiger partial charge in [-0.1, -0.05) is 0 Å². The smallest absolute Gasteiger partial charge is 0.337 e. The average Bonchev–Trinajstić information content (AvgIpc) is 2.20. The van der Waals surface area contributed by atoms with Crippen molar-refractivity contribution < 1.29 is 19.4 Å². The summed E-state index contributed by atoms with van der Waals surface area (Å²) in [6.45, 7) is 1.61. The first kappa shape index (κ1) is 10.2. The minimum atomic E-state index is -0.531. The minimum Gasteiger partial charge on any atom is -0.507 e. The maximum atomic E-state index is 11.1. The predicted octanol–water partition coefficient (Wildman–Crippen LogP) is 1.30. The average molecular weight is 194 g/mol. The topological polar surface area (TPSA) is 63.6 Å². The lowest BCUT2D eigenvalue weighted by Crippen LogP contribution is -2.02. The second-order valence-electron chi connectivity index (χ2n) is 2.84. The number of benzene rings is 1. The van der Waals surface area contributed by atoms with Gasteiger partial charge in [-0.3, -0.25) is 4.79 Å². The van der Waals surface area contributed by atoms with Gasteiger partial charge in [-0.25, -0.2) is 4.79 Å². The zero-order valence-electron chi connectivity index (χ0n) is 7.90. The highest BCUT2D eigenvalue weighted by Crippen LogP contribution is 2.22. The second kappa shape index (κ2) is 3.91. The van der Waals surface area contributed by atoms with Crippen LogP contribution in [0, 0.1) is 6.92 Å². The molecule has 4 nitrogen and oxygen atoms in total. The molecule has 0 saturated carbocycles. The largest absolute Gasteiger partial charge is 0.507 e. The summed E-state index contributed by atoms with van der Waals surface area (Å²) in [5.74, 6) is -0.635. The Morgan fingerprint density at radius 3 is 2.64 bits per heavy atom. The molecule has 0 bridgehead atoms. The van der Waals surface area contributed by atoms with Gasteiger partial charge in [-0.15, -0.1) is 0 Å². The molecule has 0 amide bonds. The molecule has 0 fully saturated rings. The number of carbonyl (C=O) groups is 2. The third-order valence-corrected chi connectivity index (χ3v) is 1.88. The zero-order valence-corrected chi connectivity index (χ0v) is 7.90. The van der Waals surface area contributed by atoms with Gasteiger partial charge in [0.15, 0.2) is 6.29 Å². The van der Waals surface area contributed by atoms with Crippen LogP contribution in [0.1, 0.15) is 26.3 Å². The van der Waals surface area contributed by atoms with Gasteiger partial charge in [0.2, 0.25) is 0 Å². The number of aldehydes is 1. The van der Waals surface area contributed by atoms with Gasteiger partial charge < -0.3 is 9.84 Å². The molecule has 0 aromatic heterocycles. The fourth-order valence-electron chi connectivity index (χ4n) is 1.13. The van der Waals surface area contributed by atoms with Crippen molar-refractivity contribution in [2.75, 3.05) is 7.11 Å². The van der Waals surface area contributed by atoms with Crippen molar-refractivity contribution in [3.8, 4) is 5.75 Å². The van der Waals surface area contributed by atoms with Gasteiger partial charge in [0.05, 0.1) is 18.2 Å². The van der Waals surface area contributed by atoms with Crippen LogP contribution in [0.2, 0.25) is 0 Å². The molecule has 0 atom stereocenters. The van der Waals surface area contributed by atoms with Crippen LogP contribution in [-0.4, -0.2) is 24.5 Å². The van der Waals surface area contributed by atoms with E-state index >= 15 is 0 Å². The third kappa shape index (κ3) is 1.74. The first-order valence-corrected chi connectivity index (χ1v) is 3.97. The highest BCUT2D eigenvalue weighted by atomic mass is 16.5. The zero-order chi connectivity index (χ0) is 10.7. The van der Waals surface area contributed by atoms with E-state index in [1.165, 1.54) is 19.2 Å². The number of aryl methyl sites for hydroxylation is 1. The molecule has 0 unspecified atom stereocenters. The van der Waals surface area contributed by atoms with Crippen LogP contribution < -0.4 is 0 Å². The van der Waals surface area contributed by atoms with E-state index < -0.39 is 5.97 Å². The molecule has 0 saturated heterocycles. The molecule has 1 aromatic rings. The van der Waals surface area contributed by atoms with Crippen molar-refractivity contribution in [2.45, 2.75) is 6.92 Å². The van der Waals surface area contributed by atoms with Crippen molar-refractivity contribution >= 4 is 12.3 Å². The lowest BCUT2D eigenvalue weighted by Gasteiger charge is -2.05. The maximum Gasteiger partial charge on any atom is 0.337 e. The number of aromatic hydroxyl groups is 1. The summed E-state index contributed by atoms with van der Waals surface area (Å²) >= 11 is 0. The number of hydrogen-bond donors (Lipinski definition) is 1. The van der Waals surface area contributed by atoms with Gasteiger partial charge in [0, 0.05) is 0 Å². The third-order valence-electron chi connectivity index (χ3n) is 1.88. The first-order chi connectivity index (χ1) is 6.60. The molecule has 0 aliphatic rings. The lowest BCUT2D eigenvalue weighted by atomic mass is 10.1. The van der Waals surface area contributed by atoms with E-state index in [-0.39, 0.29) is 16.9 Å². The van der Waals surface area contributed by atoms with E-state index in [9.17, 15) is 14.7 Å². The number of phenols is 1. The fraction of sp³-hybridized carbons (Fsp3) is 0.200. The summed E-state index contributed by atoms with van der Waals surface area (Å²) in [6.07, 6.45) is 0.495. The van der Waals surface area contributed by atoms with Crippen molar-refractivity contribution in [1.29, 1.82) is 0 Å². The van der Waals surface area contributed by atoms with Crippen LogP contribution in [0.4, 0.5) is 0 Å². The number of carbonyl (C=O) groups excluding carboxylic acids is 2. The van der Waals surface area contributed by atoms with Crippen LogP contribution in [0.3, 0.4) is 0 Å². The van der Waals surface area contributed by atoms with E-state index in [2.05, 4.69) is 4.74 Å². The van der Waals surface area contributed by atoms with Crippen LogP contribution >= 0.6 is 0 Å². The highest BCUT2D eigenvalue weighted by Gasteiger charge is 2.11. The Morgan fingerprint density at radius 1 is 1.50 bits per heavy atom. The summed E-state index contributed by atoms with van der Waals surface area (Å²) in [5, 5.41) is 9.39. The molecule has 0 aliphatic heterocycles. The number of hydrogen-bond acceptors (Lipinski definition) is 4. The van der Waals surface area contributed by atoms with E-state index in [0.29, 0.717) is 11.8 Å². The summed E-state index contributed by atoms with van der Waals surface area (Å²) in [5.41, 5.74) is 0.810. The molecule has 0 heterocycles. The molecule has 74 valence electrons. The van der Waals surface area contributed by atoms with E-state index in [4.69, 9.17) is 0 Å². The minimum absolute atomic E-state index is 0.0883. The molecule has 0 spiro atoms. The summed E-state index contributed by atoms with van der Waals surface area (Å²) in [6, 6.07) is 2.76. The summed E-state index contributed by atoms with van der Waals surface area (Å²) in [4.78, 5) is 21.7. The van der Waals surface area contributed by atoms with Crippen molar-refractivity contribution in [1.82, 2.24) is 0 Å². The summed E-state index contributed by atoms with van der Waals surface area (Å²) < 4.78 is 4.49.